The third kappa shape index (κ3) is 3.14. The highest BCUT2D eigenvalue weighted by Gasteiger charge is 2.20. The Morgan fingerprint density at radius 2 is 2.22 bits per heavy atom. The molecule has 0 aliphatic rings. The quantitative estimate of drug-likeness (QED) is 0.898. The van der Waals surface area contributed by atoms with Gasteiger partial charge in [-0.15, -0.1) is 16.4 Å². The van der Waals surface area contributed by atoms with Crippen LogP contribution in [0.25, 0.3) is 0 Å². The van der Waals surface area contributed by atoms with Crippen molar-refractivity contribution in [1.82, 2.24) is 20.0 Å². The van der Waals surface area contributed by atoms with Crippen LogP contribution >= 0.6 is 11.3 Å². The largest absolute Gasteiger partial charge is 0.384 e. The SMILES string of the molecule is CCCc1nc(Cn2cc(C(C)(C)O)nn2)cs1. The summed E-state index contributed by atoms with van der Waals surface area (Å²) in [5.41, 5.74) is 0.621. The van der Waals surface area contributed by atoms with Gasteiger partial charge in [-0.1, -0.05) is 12.1 Å². The van der Waals surface area contributed by atoms with Gasteiger partial charge in [-0.25, -0.2) is 9.67 Å². The average molecular weight is 266 g/mol. The Hall–Kier alpha value is -1.27. The minimum absolute atomic E-state index is 0.575. The maximum Gasteiger partial charge on any atom is 0.114 e. The van der Waals surface area contributed by atoms with E-state index in [-0.39, 0.29) is 0 Å². The Balaban J connectivity index is 2.06. The molecule has 18 heavy (non-hydrogen) atoms. The molecule has 0 bridgehead atoms. The monoisotopic (exact) mass is 266 g/mol. The first-order chi connectivity index (χ1) is 8.49. The van der Waals surface area contributed by atoms with Crippen molar-refractivity contribution in [2.75, 3.05) is 0 Å². The lowest BCUT2D eigenvalue weighted by atomic mass is 10.1. The number of thiazole rings is 1. The zero-order chi connectivity index (χ0) is 13.2. The van der Waals surface area contributed by atoms with E-state index >= 15 is 0 Å². The van der Waals surface area contributed by atoms with E-state index in [2.05, 4.69) is 27.6 Å². The Labute approximate surface area is 110 Å². The van der Waals surface area contributed by atoms with Crippen LogP contribution in [0.4, 0.5) is 0 Å². The molecule has 0 unspecified atom stereocenters. The van der Waals surface area contributed by atoms with Gasteiger partial charge in [-0.05, 0) is 26.7 Å². The van der Waals surface area contributed by atoms with Crippen LogP contribution in [-0.4, -0.2) is 25.1 Å². The van der Waals surface area contributed by atoms with Crippen molar-refractivity contribution >= 4 is 11.3 Å². The van der Waals surface area contributed by atoms with E-state index in [0.29, 0.717) is 12.2 Å². The Morgan fingerprint density at radius 3 is 2.83 bits per heavy atom. The van der Waals surface area contributed by atoms with Gasteiger partial charge >= 0.3 is 0 Å². The molecule has 0 amide bonds. The molecule has 2 rings (SSSR count). The third-order valence-electron chi connectivity index (χ3n) is 2.55. The Kier molecular flexibility index (Phi) is 3.77. The van der Waals surface area contributed by atoms with Crippen molar-refractivity contribution in [3.05, 3.63) is 28.0 Å². The Morgan fingerprint density at radius 1 is 1.44 bits per heavy atom. The fourth-order valence-corrected chi connectivity index (χ4v) is 2.46. The summed E-state index contributed by atoms with van der Waals surface area (Å²) in [6.45, 7) is 6.14. The van der Waals surface area contributed by atoms with Crippen LogP contribution in [0.5, 0.6) is 0 Å². The van der Waals surface area contributed by atoms with Gasteiger partial charge in [0.1, 0.15) is 11.3 Å². The Bertz CT molecular complexity index is 512. The van der Waals surface area contributed by atoms with Crippen molar-refractivity contribution < 1.29 is 5.11 Å². The van der Waals surface area contributed by atoms with Crippen molar-refractivity contribution in [3.63, 3.8) is 0 Å². The molecule has 6 heteroatoms. The number of aliphatic hydroxyl groups is 1. The third-order valence-corrected chi connectivity index (χ3v) is 3.51. The lowest BCUT2D eigenvalue weighted by molar-refractivity contribution is 0.0737. The first-order valence-electron chi connectivity index (χ1n) is 6.05. The van der Waals surface area contributed by atoms with Gasteiger partial charge in [0, 0.05) is 5.38 Å². The molecule has 0 spiro atoms. The highest BCUT2D eigenvalue weighted by Crippen LogP contribution is 2.17. The first kappa shape index (κ1) is 13.2. The molecule has 2 heterocycles. The van der Waals surface area contributed by atoms with E-state index in [1.807, 2.05) is 0 Å². The summed E-state index contributed by atoms with van der Waals surface area (Å²) in [5.74, 6) is 0. The lowest BCUT2D eigenvalue weighted by Crippen LogP contribution is -2.15. The van der Waals surface area contributed by atoms with Gasteiger partial charge < -0.3 is 5.11 Å². The molecule has 0 aliphatic carbocycles. The average Bonchev–Trinajstić information content (AvgIpc) is 2.88. The molecular formula is C12H18N4OS. The molecule has 0 aromatic carbocycles. The number of hydrogen-bond donors (Lipinski definition) is 1. The predicted molar refractivity (Wildman–Crippen MR) is 70.5 cm³/mol. The minimum atomic E-state index is -0.951. The number of aromatic nitrogens is 4. The highest BCUT2D eigenvalue weighted by molar-refractivity contribution is 7.09. The van der Waals surface area contributed by atoms with Gasteiger partial charge in [0.05, 0.1) is 23.4 Å². The van der Waals surface area contributed by atoms with Gasteiger partial charge in [0.25, 0.3) is 0 Å². The van der Waals surface area contributed by atoms with E-state index in [9.17, 15) is 5.11 Å². The van der Waals surface area contributed by atoms with Crippen LogP contribution < -0.4 is 0 Å². The summed E-state index contributed by atoms with van der Waals surface area (Å²) in [6, 6.07) is 0. The van der Waals surface area contributed by atoms with E-state index in [0.717, 1.165) is 23.5 Å². The second-order valence-corrected chi connectivity index (χ2v) is 5.79. The van der Waals surface area contributed by atoms with Crippen LogP contribution in [0.15, 0.2) is 11.6 Å². The maximum atomic E-state index is 9.81. The molecule has 98 valence electrons. The highest BCUT2D eigenvalue weighted by atomic mass is 32.1. The van der Waals surface area contributed by atoms with Crippen molar-refractivity contribution in [2.24, 2.45) is 0 Å². The van der Waals surface area contributed by atoms with Crippen molar-refractivity contribution in [3.8, 4) is 0 Å². The van der Waals surface area contributed by atoms with Crippen LogP contribution in [0.2, 0.25) is 0 Å². The first-order valence-corrected chi connectivity index (χ1v) is 6.93. The zero-order valence-corrected chi connectivity index (χ0v) is 11.7. The summed E-state index contributed by atoms with van der Waals surface area (Å²) < 4.78 is 1.71. The second kappa shape index (κ2) is 5.16. The van der Waals surface area contributed by atoms with E-state index in [4.69, 9.17) is 0 Å². The maximum absolute atomic E-state index is 9.81. The standard InChI is InChI=1S/C12H18N4OS/c1-4-5-11-13-9(8-18-11)6-16-7-10(14-15-16)12(2,3)17/h7-8,17H,4-6H2,1-3H3. The fourth-order valence-electron chi connectivity index (χ4n) is 1.57. The number of nitrogens with zero attached hydrogens (tertiary/aromatic N) is 4. The molecule has 2 aromatic heterocycles. The zero-order valence-electron chi connectivity index (χ0n) is 10.9. The molecule has 0 radical (unpaired) electrons. The molecule has 1 N–H and O–H groups in total. The number of hydrogen-bond acceptors (Lipinski definition) is 5. The van der Waals surface area contributed by atoms with Gasteiger partial charge in [-0.3, -0.25) is 0 Å². The molecular weight excluding hydrogens is 248 g/mol. The molecule has 0 fully saturated rings. The topological polar surface area (TPSA) is 63.8 Å². The second-order valence-electron chi connectivity index (χ2n) is 4.84. The van der Waals surface area contributed by atoms with Gasteiger partial charge in [-0.2, -0.15) is 0 Å². The summed E-state index contributed by atoms with van der Waals surface area (Å²) in [4.78, 5) is 4.53. The van der Waals surface area contributed by atoms with Gasteiger partial charge in [0.15, 0.2) is 0 Å². The van der Waals surface area contributed by atoms with E-state index in [1.54, 1.807) is 36.1 Å². The van der Waals surface area contributed by atoms with Crippen LogP contribution in [0.3, 0.4) is 0 Å². The predicted octanol–water partition coefficient (Wildman–Crippen LogP) is 1.96. The van der Waals surface area contributed by atoms with Crippen LogP contribution in [0.1, 0.15) is 43.6 Å². The molecule has 0 saturated heterocycles. The molecule has 5 nitrogen and oxygen atoms in total. The summed E-state index contributed by atoms with van der Waals surface area (Å²) in [5, 5.41) is 21.0. The van der Waals surface area contributed by atoms with Gasteiger partial charge in [0.2, 0.25) is 0 Å². The summed E-state index contributed by atoms with van der Waals surface area (Å²) in [6.07, 6.45) is 3.90. The minimum Gasteiger partial charge on any atom is -0.384 e. The molecule has 0 aliphatic heterocycles. The summed E-state index contributed by atoms with van der Waals surface area (Å²) >= 11 is 1.68. The van der Waals surface area contributed by atoms with E-state index < -0.39 is 5.60 Å². The summed E-state index contributed by atoms with van der Waals surface area (Å²) in [7, 11) is 0. The number of rotatable bonds is 5. The van der Waals surface area contributed by atoms with Crippen LogP contribution in [0, 0.1) is 0 Å². The van der Waals surface area contributed by atoms with Crippen molar-refractivity contribution in [1.29, 1.82) is 0 Å². The molecule has 0 saturated carbocycles. The fraction of sp³-hybridized carbons (Fsp3) is 0.583. The smallest absolute Gasteiger partial charge is 0.114 e. The van der Waals surface area contributed by atoms with E-state index in [1.165, 1.54) is 0 Å². The lowest BCUT2D eigenvalue weighted by Gasteiger charge is -2.11. The normalized spacial score (nSPS) is 12.0. The molecule has 2 aromatic rings. The van der Waals surface area contributed by atoms with Crippen LogP contribution in [-0.2, 0) is 18.6 Å². The molecule has 0 atom stereocenters. The van der Waals surface area contributed by atoms with Crippen molar-refractivity contribution in [2.45, 2.75) is 45.8 Å². The number of aryl methyl sites for hydroxylation is 1.